The van der Waals surface area contributed by atoms with Crippen molar-refractivity contribution in [3.8, 4) is 0 Å². The molecule has 2 atom stereocenters. The van der Waals surface area contributed by atoms with Crippen LogP contribution in [0, 0.1) is 0 Å². The minimum Gasteiger partial charge on any atom is -0.469 e. The van der Waals surface area contributed by atoms with E-state index in [4.69, 9.17) is 0 Å². The van der Waals surface area contributed by atoms with Gasteiger partial charge in [0.15, 0.2) is 0 Å². The van der Waals surface area contributed by atoms with Crippen molar-refractivity contribution >= 4 is 17.7 Å². The third kappa shape index (κ3) is 16.7. The Hall–Kier alpha value is -0.260. The van der Waals surface area contributed by atoms with E-state index >= 15 is 0 Å². The lowest BCUT2D eigenvalue weighted by molar-refractivity contribution is -0.140. The molecule has 0 fully saturated rings. The summed E-state index contributed by atoms with van der Waals surface area (Å²) in [5.74, 6) is 0.667. The molecule has 0 saturated heterocycles. The summed E-state index contributed by atoms with van der Waals surface area (Å²) >= 11 is 1.86. The van der Waals surface area contributed by atoms with Gasteiger partial charge in [0, 0.05) is 16.9 Å². The van der Waals surface area contributed by atoms with Gasteiger partial charge in [-0.15, -0.1) is 0 Å². The SMILES string of the molecule is CCCCCCC(O)CCC(C)(CCCCCCCCC(=O)OC)SCCO. The highest BCUT2D eigenvalue weighted by molar-refractivity contribution is 8.00. The van der Waals surface area contributed by atoms with Crippen LogP contribution in [-0.4, -0.2) is 46.5 Å². The third-order valence-corrected chi connectivity index (χ3v) is 7.00. The lowest BCUT2D eigenvalue weighted by atomic mass is 9.93. The number of aliphatic hydroxyl groups is 2. The van der Waals surface area contributed by atoms with Crippen molar-refractivity contribution in [3.63, 3.8) is 0 Å². The number of rotatable bonds is 20. The fourth-order valence-electron chi connectivity index (χ4n) is 3.56. The van der Waals surface area contributed by atoms with Crippen molar-refractivity contribution in [2.45, 2.75) is 121 Å². The van der Waals surface area contributed by atoms with Gasteiger partial charge in [-0.05, 0) is 32.1 Å². The molecule has 0 aliphatic carbocycles. The Kier molecular flexibility index (Phi) is 18.6. The minimum atomic E-state index is -0.180. The van der Waals surface area contributed by atoms with Crippen LogP contribution in [0.4, 0.5) is 0 Å². The number of carbonyl (C=O) groups excluding carboxylic acids is 1. The van der Waals surface area contributed by atoms with Crippen LogP contribution in [0.25, 0.3) is 0 Å². The monoisotopic (exact) mass is 418 g/mol. The van der Waals surface area contributed by atoms with Gasteiger partial charge in [0.25, 0.3) is 0 Å². The van der Waals surface area contributed by atoms with E-state index in [2.05, 4.69) is 18.6 Å². The molecule has 0 aliphatic rings. The van der Waals surface area contributed by atoms with Crippen LogP contribution in [0.15, 0.2) is 0 Å². The predicted molar refractivity (Wildman–Crippen MR) is 121 cm³/mol. The van der Waals surface area contributed by atoms with E-state index in [0.717, 1.165) is 50.7 Å². The summed E-state index contributed by atoms with van der Waals surface area (Å²) in [5, 5.41) is 19.5. The van der Waals surface area contributed by atoms with Crippen molar-refractivity contribution in [1.82, 2.24) is 0 Å². The van der Waals surface area contributed by atoms with Crippen LogP contribution in [0.1, 0.15) is 110 Å². The Morgan fingerprint density at radius 1 is 0.964 bits per heavy atom. The van der Waals surface area contributed by atoms with Gasteiger partial charge in [-0.1, -0.05) is 71.6 Å². The molecule has 2 unspecified atom stereocenters. The van der Waals surface area contributed by atoms with Crippen molar-refractivity contribution in [3.05, 3.63) is 0 Å². The summed E-state index contributed by atoms with van der Waals surface area (Å²) in [6.45, 7) is 4.73. The topological polar surface area (TPSA) is 66.8 Å². The molecule has 0 aromatic carbocycles. The van der Waals surface area contributed by atoms with Gasteiger partial charge >= 0.3 is 5.97 Å². The largest absolute Gasteiger partial charge is 0.469 e. The van der Waals surface area contributed by atoms with Crippen LogP contribution < -0.4 is 0 Å². The number of hydrogen-bond acceptors (Lipinski definition) is 5. The number of esters is 1. The van der Waals surface area contributed by atoms with Crippen LogP contribution in [0.3, 0.4) is 0 Å². The number of ether oxygens (including phenoxy) is 1. The number of carbonyl (C=O) groups is 1. The summed E-state index contributed by atoms with van der Waals surface area (Å²) in [6, 6.07) is 0. The zero-order valence-electron chi connectivity index (χ0n) is 18.7. The second-order valence-corrected chi connectivity index (χ2v) is 9.94. The normalized spacial score (nSPS) is 14.6. The Morgan fingerprint density at radius 2 is 1.61 bits per heavy atom. The first-order chi connectivity index (χ1) is 13.5. The quantitative estimate of drug-likeness (QED) is 0.191. The molecule has 0 aromatic heterocycles. The number of aliphatic hydroxyl groups excluding tert-OH is 2. The van der Waals surface area contributed by atoms with Gasteiger partial charge in [-0.3, -0.25) is 4.79 Å². The zero-order valence-corrected chi connectivity index (χ0v) is 19.5. The molecule has 0 spiro atoms. The van der Waals surface area contributed by atoms with E-state index in [1.165, 1.54) is 52.1 Å². The lowest BCUT2D eigenvalue weighted by Crippen LogP contribution is -2.24. The molecular weight excluding hydrogens is 372 g/mol. The maximum absolute atomic E-state index is 11.1. The first-order valence-corrected chi connectivity index (χ1v) is 12.5. The van der Waals surface area contributed by atoms with Crippen molar-refractivity contribution in [1.29, 1.82) is 0 Å². The van der Waals surface area contributed by atoms with Crippen LogP contribution >= 0.6 is 11.8 Å². The molecule has 0 aliphatic heterocycles. The number of thioether (sulfide) groups is 1. The second kappa shape index (κ2) is 18.7. The molecule has 168 valence electrons. The molecule has 0 radical (unpaired) electrons. The molecule has 5 heteroatoms. The van der Waals surface area contributed by atoms with Crippen molar-refractivity contribution < 1.29 is 19.7 Å². The average molecular weight is 419 g/mol. The molecule has 2 N–H and O–H groups in total. The Balaban J connectivity index is 3.98. The summed E-state index contributed by atoms with van der Waals surface area (Å²) in [4.78, 5) is 11.1. The van der Waals surface area contributed by atoms with E-state index in [1.54, 1.807) is 0 Å². The first-order valence-electron chi connectivity index (χ1n) is 11.5. The van der Waals surface area contributed by atoms with Gasteiger partial charge in [0.2, 0.25) is 0 Å². The predicted octanol–water partition coefficient (Wildman–Crippen LogP) is 5.88. The summed E-state index contributed by atoms with van der Waals surface area (Å²) < 4.78 is 4.81. The Morgan fingerprint density at radius 3 is 2.25 bits per heavy atom. The maximum Gasteiger partial charge on any atom is 0.305 e. The standard InChI is InChI=1S/C23H46O4S/c1-4-5-6-11-14-21(25)16-18-23(2,28-20-19-24)17-13-10-8-7-9-12-15-22(26)27-3/h21,24-25H,4-20H2,1-3H3. The van der Waals surface area contributed by atoms with Crippen molar-refractivity contribution in [2.24, 2.45) is 0 Å². The minimum absolute atomic E-state index is 0.107. The molecule has 0 amide bonds. The molecule has 0 aromatic rings. The van der Waals surface area contributed by atoms with E-state index in [1.807, 2.05) is 11.8 Å². The van der Waals surface area contributed by atoms with Crippen LogP contribution in [-0.2, 0) is 9.53 Å². The fraction of sp³-hybridized carbons (Fsp3) is 0.957. The number of methoxy groups -OCH3 is 1. The zero-order chi connectivity index (χ0) is 21.1. The molecular formula is C23H46O4S. The molecule has 4 nitrogen and oxygen atoms in total. The van der Waals surface area contributed by atoms with Gasteiger partial charge in [0.05, 0.1) is 19.8 Å². The summed E-state index contributed by atoms with van der Waals surface area (Å²) in [7, 11) is 1.44. The molecule has 28 heavy (non-hydrogen) atoms. The number of unbranched alkanes of at least 4 members (excludes halogenated alkanes) is 8. The van der Waals surface area contributed by atoms with Gasteiger partial charge < -0.3 is 14.9 Å². The smallest absolute Gasteiger partial charge is 0.305 e. The van der Waals surface area contributed by atoms with E-state index in [9.17, 15) is 15.0 Å². The Bertz CT molecular complexity index is 365. The fourth-order valence-corrected chi connectivity index (χ4v) is 4.70. The molecule has 0 rings (SSSR count). The highest BCUT2D eigenvalue weighted by Gasteiger charge is 2.25. The van der Waals surface area contributed by atoms with Crippen molar-refractivity contribution in [2.75, 3.05) is 19.5 Å². The second-order valence-electron chi connectivity index (χ2n) is 8.26. The summed E-state index contributed by atoms with van der Waals surface area (Å²) in [5.41, 5.74) is 0. The maximum atomic E-state index is 11.1. The highest BCUT2D eigenvalue weighted by atomic mass is 32.2. The van der Waals surface area contributed by atoms with Gasteiger partial charge in [-0.2, -0.15) is 11.8 Å². The van der Waals surface area contributed by atoms with Crippen LogP contribution in [0.5, 0.6) is 0 Å². The molecule has 0 saturated carbocycles. The van der Waals surface area contributed by atoms with E-state index < -0.39 is 0 Å². The van der Waals surface area contributed by atoms with Gasteiger partial charge in [-0.25, -0.2) is 0 Å². The van der Waals surface area contributed by atoms with E-state index in [0.29, 0.717) is 6.42 Å². The number of hydrogen-bond donors (Lipinski definition) is 2. The Labute approximate surface area is 178 Å². The van der Waals surface area contributed by atoms with Gasteiger partial charge in [0.1, 0.15) is 0 Å². The van der Waals surface area contributed by atoms with Crippen LogP contribution in [0.2, 0.25) is 0 Å². The highest BCUT2D eigenvalue weighted by Crippen LogP contribution is 2.36. The summed E-state index contributed by atoms with van der Waals surface area (Å²) in [6.07, 6.45) is 16.0. The van der Waals surface area contributed by atoms with E-state index in [-0.39, 0.29) is 23.4 Å². The molecule has 0 bridgehead atoms. The first kappa shape index (κ1) is 27.7. The molecule has 0 heterocycles. The third-order valence-electron chi connectivity index (χ3n) is 5.50. The average Bonchev–Trinajstić information content (AvgIpc) is 2.70. The lowest BCUT2D eigenvalue weighted by Gasteiger charge is -2.30.